The Bertz CT molecular complexity index is 900. The zero-order chi connectivity index (χ0) is 21.1. The van der Waals surface area contributed by atoms with E-state index in [4.69, 9.17) is 4.74 Å². The minimum atomic E-state index is -3.30. The first kappa shape index (κ1) is 21.5. The highest BCUT2D eigenvalue weighted by Gasteiger charge is 2.51. The van der Waals surface area contributed by atoms with Crippen LogP contribution < -0.4 is 5.32 Å². The molecule has 0 unspecified atom stereocenters. The van der Waals surface area contributed by atoms with Gasteiger partial charge in [0.2, 0.25) is 10.0 Å². The molecule has 2 aliphatic heterocycles. The van der Waals surface area contributed by atoms with Gasteiger partial charge in [0.15, 0.2) is 0 Å². The minimum Gasteiger partial charge on any atom is -0.450 e. The molecule has 0 radical (unpaired) electrons. The van der Waals surface area contributed by atoms with Crippen molar-refractivity contribution >= 4 is 21.9 Å². The lowest BCUT2D eigenvalue weighted by Gasteiger charge is -2.38. The Labute approximate surface area is 172 Å². The number of sulfonamides is 1. The molecule has 7 nitrogen and oxygen atoms in total. The second-order valence-corrected chi connectivity index (χ2v) is 9.79. The Morgan fingerprint density at radius 2 is 1.86 bits per heavy atom. The molecular weight excluding hydrogens is 392 g/mol. The smallest absolute Gasteiger partial charge is 0.335 e. The van der Waals surface area contributed by atoms with Crippen molar-refractivity contribution in [3.05, 3.63) is 47.0 Å². The van der Waals surface area contributed by atoms with Gasteiger partial charge in [0.25, 0.3) is 5.91 Å². The number of nitrogens with one attached hydrogen (secondary N) is 1. The van der Waals surface area contributed by atoms with E-state index in [1.807, 2.05) is 30.3 Å². The van der Waals surface area contributed by atoms with E-state index < -0.39 is 21.6 Å². The summed E-state index contributed by atoms with van der Waals surface area (Å²) in [7, 11) is -3.30. The van der Waals surface area contributed by atoms with E-state index in [1.54, 1.807) is 13.8 Å². The molecule has 1 spiro atoms. The highest BCUT2D eigenvalue weighted by Crippen LogP contribution is 2.41. The first-order chi connectivity index (χ1) is 13.8. The summed E-state index contributed by atoms with van der Waals surface area (Å²) in [4.78, 5) is 25.1. The Morgan fingerprint density at radius 1 is 1.21 bits per heavy atom. The van der Waals surface area contributed by atoms with Crippen LogP contribution in [0.4, 0.5) is 0 Å². The average Bonchev–Trinajstić information content (AvgIpc) is 2.95. The minimum absolute atomic E-state index is 0.0312. The predicted molar refractivity (Wildman–Crippen MR) is 110 cm³/mol. The number of carbonyl (C=O) groups is 2. The SMILES string of the molecule is CCS(=O)(=O)N1CCC2(CC1)OC(=O)C(C)=C2C(=O)NCCCc1ccccc1. The summed E-state index contributed by atoms with van der Waals surface area (Å²) < 4.78 is 31.3. The van der Waals surface area contributed by atoms with Gasteiger partial charge in [-0.15, -0.1) is 0 Å². The maximum absolute atomic E-state index is 12.9. The van der Waals surface area contributed by atoms with Crippen LogP contribution in [0.25, 0.3) is 0 Å². The van der Waals surface area contributed by atoms with Gasteiger partial charge in [0, 0.05) is 38.0 Å². The normalized spacial score (nSPS) is 19.4. The fraction of sp³-hybridized carbons (Fsp3) is 0.524. The molecule has 0 bridgehead atoms. The Balaban J connectivity index is 1.63. The largest absolute Gasteiger partial charge is 0.450 e. The van der Waals surface area contributed by atoms with Gasteiger partial charge in [0.1, 0.15) is 5.60 Å². The Kier molecular flexibility index (Phi) is 6.43. The third-order valence-corrected chi connectivity index (χ3v) is 7.59. The molecule has 2 aliphatic rings. The van der Waals surface area contributed by atoms with Crippen LogP contribution in [0.2, 0.25) is 0 Å². The lowest BCUT2D eigenvalue weighted by Crippen LogP contribution is -2.50. The van der Waals surface area contributed by atoms with Gasteiger partial charge >= 0.3 is 5.97 Å². The van der Waals surface area contributed by atoms with Crippen molar-refractivity contribution in [1.82, 2.24) is 9.62 Å². The van der Waals surface area contributed by atoms with Crippen molar-refractivity contribution in [2.24, 2.45) is 0 Å². The summed E-state index contributed by atoms with van der Waals surface area (Å²) >= 11 is 0. The number of nitrogens with zero attached hydrogens (tertiary/aromatic N) is 1. The van der Waals surface area contributed by atoms with Crippen LogP contribution in [0.5, 0.6) is 0 Å². The number of carbonyl (C=O) groups excluding carboxylic acids is 2. The second kappa shape index (κ2) is 8.67. The molecule has 1 aromatic rings. The molecule has 158 valence electrons. The van der Waals surface area contributed by atoms with Crippen molar-refractivity contribution in [2.75, 3.05) is 25.4 Å². The maximum atomic E-state index is 12.9. The summed E-state index contributed by atoms with van der Waals surface area (Å²) in [6, 6.07) is 10.0. The first-order valence-corrected chi connectivity index (χ1v) is 11.6. The van der Waals surface area contributed by atoms with E-state index in [0.29, 0.717) is 30.5 Å². The van der Waals surface area contributed by atoms with Crippen LogP contribution in [0.15, 0.2) is 41.5 Å². The molecule has 8 heteroatoms. The molecule has 0 aliphatic carbocycles. The third-order valence-electron chi connectivity index (χ3n) is 5.71. The zero-order valence-corrected chi connectivity index (χ0v) is 17.8. The third kappa shape index (κ3) is 4.53. The van der Waals surface area contributed by atoms with Crippen LogP contribution in [-0.4, -0.2) is 55.6 Å². The zero-order valence-electron chi connectivity index (χ0n) is 16.9. The highest BCUT2D eigenvalue weighted by molar-refractivity contribution is 7.89. The molecule has 0 aromatic heterocycles. The number of aryl methyl sites for hydroxylation is 1. The monoisotopic (exact) mass is 420 g/mol. The first-order valence-electron chi connectivity index (χ1n) is 10.0. The fourth-order valence-corrected chi connectivity index (χ4v) is 5.12. The van der Waals surface area contributed by atoms with Crippen molar-refractivity contribution in [3.8, 4) is 0 Å². The lowest BCUT2D eigenvalue weighted by molar-refractivity contribution is -0.150. The van der Waals surface area contributed by atoms with E-state index in [-0.39, 0.29) is 24.7 Å². The van der Waals surface area contributed by atoms with Crippen LogP contribution in [0.3, 0.4) is 0 Å². The lowest BCUT2D eigenvalue weighted by atomic mass is 9.83. The van der Waals surface area contributed by atoms with Gasteiger partial charge in [-0.2, -0.15) is 0 Å². The number of ether oxygens (including phenoxy) is 1. The van der Waals surface area contributed by atoms with Crippen molar-refractivity contribution in [2.45, 2.75) is 45.1 Å². The summed E-state index contributed by atoms with van der Waals surface area (Å²) in [5.74, 6) is -0.761. The summed E-state index contributed by atoms with van der Waals surface area (Å²) in [6.07, 6.45) is 2.22. The molecule has 1 fully saturated rings. The van der Waals surface area contributed by atoms with E-state index >= 15 is 0 Å². The van der Waals surface area contributed by atoms with Gasteiger partial charge in [-0.3, -0.25) is 4.79 Å². The molecule has 1 aromatic carbocycles. The van der Waals surface area contributed by atoms with Crippen LogP contribution in [0.1, 0.15) is 38.7 Å². The molecule has 1 N–H and O–H groups in total. The van der Waals surface area contributed by atoms with Gasteiger partial charge in [-0.1, -0.05) is 30.3 Å². The number of hydrogen-bond acceptors (Lipinski definition) is 5. The quantitative estimate of drug-likeness (QED) is 0.536. The maximum Gasteiger partial charge on any atom is 0.335 e. The molecule has 1 amide bonds. The molecular formula is C21H28N2O5S. The Hall–Kier alpha value is -2.19. The van der Waals surface area contributed by atoms with Crippen molar-refractivity contribution < 1.29 is 22.7 Å². The van der Waals surface area contributed by atoms with Crippen LogP contribution in [0, 0.1) is 0 Å². The van der Waals surface area contributed by atoms with Gasteiger partial charge < -0.3 is 10.1 Å². The van der Waals surface area contributed by atoms with Gasteiger partial charge in [-0.25, -0.2) is 17.5 Å². The van der Waals surface area contributed by atoms with E-state index in [2.05, 4.69) is 5.32 Å². The fourth-order valence-electron chi connectivity index (χ4n) is 4.01. The van der Waals surface area contributed by atoms with Gasteiger partial charge in [0.05, 0.1) is 11.3 Å². The summed E-state index contributed by atoms with van der Waals surface area (Å²) in [6.45, 7) is 4.17. The average molecular weight is 421 g/mol. The molecule has 0 atom stereocenters. The molecule has 1 saturated heterocycles. The van der Waals surface area contributed by atoms with E-state index in [1.165, 1.54) is 9.87 Å². The number of piperidine rings is 1. The highest BCUT2D eigenvalue weighted by atomic mass is 32.2. The number of hydrogen-bond donors (Lipinski definition) is 1. The molecule has 3 rings (SSSR count). The van der Waals surface area contributed by atoms with E-state index in [0.717, 1.165) is 12.8 Å². The summed E-state index contributed by atoms with van der Waals surface area (Å²) in [5, 5.41) is 2.91. The molecule has 29 heavy (non-hydrogen) atoms. The standard InChI is InChI=1S/C21H28N2O5S/c1-3-29(26,27)23-14-11-21(12-15-23)18(16(2)20(25)28-21)19(24)22-13-7-10-17-8-5-4-6-9-17/h4-6,8-9H,3,7,10-15H2,1-2H3,(H,22,24). The van der Waals surface area contributed by atoms with Gasteiger partial charge in [-0.05, 0) is 32.3 Å². The number of benzene rings is 1. The topological polar surface area (TPSA) is 92.8 Å². The second-order valence-electron chi connectivity index (χ2n) is 7.53. The van der Waals surface area contributed by atoms with Crippen molar-refractivity contribution in [1.29, 1.82) is 0 Å². The number of esters is 1. The predicted octanol–water partition coefficient (Wildman–Crippen LogP) is 1.79. The van der Waals surface area contributed by atoms with Crippen LogP contribution >= 0.6 is 0 Å². The molecule has 0 saturated carbocycles. The van der Waals surface area contributed by atoms with Crippen LogP contribution in [-0.2, 0) is 30.8 Å². The molecule has 2 heterocycles. The summed E-state index contributed by atoms with van der Waals surface area (Å²) in [5.41, 5.74) is 0.857. The van der Waals surface area contributed by atoms with Crippen molar-refractivity contribution in [3.63, 3.8) is 0 Å². The number of rotatable bonds is 7. The van der Waals surface area contributed by atoms with E-state index in [9.17, 15) is 18.0 Å². The Morgan fingerprint density at radius 3 is 2.48 bits per heavy atom. The number of amides is 1.